The van der Waals surface area contributed by atoms with Gasteiger partial charge in [-0.25, -0.2) is 0 Å². The lowest BCUT2D eigenvalue weighted by atomic mass is 9.84. The summed E-state index contributed by atoms with van der Waals surface area (Å²) < 4.78 is 0. The van der Waals surface area contributed by atoms with Crippen molar-refractivity contribution in [2.45, 2.75) is 33.1 Å². The minimum Gasteiger partial charge on any atom is -0.0988 e. The van der Waals surface area contributed by atoms with Gasteiger partial charge in [0, 0.05) is 0 Å². The summed E-state index contributed by atoms with van der Waals surface area (Å²) in [7, 11) is 0. The van der Waals surface area contributed by atoms with E-state index in [2.05, 4.69) is 39.2 Å². The molecule has 0 aromatic heterocycles. The van der Waals surface area contributed by atoms with Gasteiger partial charge in [0.25, 0.3) is 0 Å². The first-order chi connectivity index (χ1) is 7.24. The zero-order chi connectivity index (χ0) is 11.3. The van der Waals surface area contributed by atoms with Gasteiger partial charge in [-0.15, -0.1) is 0 Å². The van der Waals surface area contributed by atoms with Crippen molar-refractivity contribution in [3.63, 3.8) is 0 Å². The van der Waals surface area contributed by atoms with Crippen molar-refractivity contribution in [2.75, 3.05) is 0 Å². The number of allylic oxidation sites excluding steroid dienone is 8. The van der Waals surface area contributed by atoms with Gasteiger partial charge in [0.2, 0.25) is 0 Å². The van der Waals surface area contributed by atoms with Crippen molar-refractivity contribution in [1.29, 1.82) is 0 Å². The summed E-state index contributed by atoms with van der Waals surface area (Å²) in [5, 5.41) is 0. The van der Waals surface area contributed by atoms with Gasteiger partial charge in [0.15, 0.2) is 0 Å². The van der Waals surface area contributed by atoms with Crippen molar-refractivity contribution in [3.8, 4) is 0 Å². The maximum atomic E-state index is 3.90. The largest absolute Gasteiger partial charge is 0.0988 e. The predicted octanol–water partition coefficient (Wildman–Crippen LogP) is 4.73. The normalized spacial score (nSPS) is 20.7. The fraction of sp³-hybridized carbons (Fsp3) is 0.333. The van der Waals surface area contributed by atoms with E-state index in [1.165, 1.54) is 28.7 Å². The molecule has 15 heavy (non-hydrogen) atoms. The summed E-state index contributed by atoms with van der Waals surface area (Å²) in [5.74, 6) is 0. The molecule has 80 valence electrons. The number of rotatable bonds is 3. The van der Waals surface area contributed by atoms with Gasteiger partial charge in [-0.2, -0.15) is 0 Å². The summed E-state index contributed by atoms with van der Waals surface area (Å²) in [5.41, 5.74) is 5.46. The molecule has 0 bridgehead atoms. The minimum absolute atomic E-state index is 1.15. The van der Waals surface area contributed by atoms with E-state index < -0.39 is 0 Å². The smallest absolute Gasteiger partial charge is 0.0193 e. The summed E-state index contributed by atoms with van der Waals surface area (Å²) in [6.45, 7) is 11.9. The highest BCUT2D eigenvalue weighted by Crippen LogP contribution is 2.33. The molecule has 0 aliphatic heterocycles. The monoisotopic (exact) mass is 200 g/mol. The molecule has 1 rings (SSSR count). The van der Waals surface area contributed by atoms with E-state index in [9.17, 15) is 0 Å². The Kier molecular flexibility index (Phi) is 4.36. The van der Waals surface area contributed by atoms with Gasteiger partial charge in [-0.1, -0.05) is 37.5 Å². The van der Waals surface area contributed by atoms with E-state index in [0.717, 1.165) is 12.8 Å². The molecular formula is C15H20. The van der Waals surface area contributed by atoms with Crippen LogP contribution in [0.15, 0.2) is 59.8 Å². The molecule has 0 heterocycles. The Hall–Kier alpha value is -1.30. The SMILES string of the molecule is C=CC1=C(/C=C\C)/C(=C(\C)C=C)CCC1. The van der Waals surface area contributed by atoms with Crippen molar-refractivity contribution < 1.29 is 0 Å². The molecule has 1 aliphatic carbocycles. The third-order valence-corrected chi connectivity index (χ3v) is 2.91. The van der Waals surface area contributed by atoms with E-state index in [-0.39, 0.29) is 0 Å². The first-order valence-corrected chi connectivity index (χ1v) is 5.55. The van der Waals surface area contributed by atoms with Crippen LogP contribution in [0.3, 0.4) is 0 Å². The van der Waals surface area contributed by atoms with Crippen LogP contribution in [0.1, 0.15) is 33.1 Å². The van der Waals surface area contributed by atoms with E-state index in [1.54, 1.807) is 0 Å². The third-order valence-electron chi connectivity index (χ3n) is 2.91. The predicted molar refractivity (Wildman–Crippen MR) is 68.8 cm³/mol. The first kappa shape index (κ1) is 11.8. The molecule has 0 spiro atoms. The van der Waals surface area contributed by atoms with Crippen LogP contribution in [0, 0.1) is 0 Å². The Morgan fingerprint density at radius 2 is 2.00 bits per heavy atom. The van der Waals surface area contributed by atoms with Gasteiger partial charge in [-0.3, -0.25) is 0 Å². The zero-order valence-corrected chi connectivity index (χ0v) is 9.84. The Balaban J connectivity index is 3.29. The standard InChI is InChI=1S/C15H20/c1-5-9-15-13(7-3)10-8-11-14(15)12(4)6-2/h5-7,9H,2-3,8,10-11H2,1,4H3/b9-5-,14-12+. The highest BCUT2D eigenvalue weighted by atomic mass is 14.2. The van der Waals surface area contributed by atoms with Crippen LogP contribution >= 0.6 is 0 Å². The van der Waals surface area contributed by atoms with Crippen LogP contribution < -0.4 is 0 Å². The summed E-state index contributed by atoms with van der Waals surface area (Å²) in [6, 6.07) is 0. The second kappa shape index (κ2) is 5.55. The topological polar surface area (TPSA) is 0 Å². The molecule has 0 amide bonds. The molecule has 0 saturated heterocycles. The van der Waals surface area contributed by atoms with Crippen LogP contribution in [0.5, 0.6) is 0 Å². The lowest BCUT2D eigenvalue weighted by molar-refractivity contribution is 0.780. The van der Waals surface area contributed by atoms with Gasteiger partial charge in [-0.05, 0) is 55.4 Å². The summed E-state index contributed by atoms with van der Waals surface area (Å²) in [6.07, 6.45) is 11.8. The molecule has 0 heteroatoms. The Bertz CT molecular complexity index is 348. The fourth-order valence-corrected chi connectivity index (χ4v) is 2.04. The fourth-order valence-electron chi connectivity index (χ4n) is 2.04. The maximum absolute atomic E-state index is 3.90. The Morgan fingerprint density at radius 3 is 2.53 bits per heavy atom. The van der Waals surface area contributed by atoms with E-state index in [0.29, 0.717) is 0 Å². The second-order valence-electron chi connectivity index (χ2n) is 3.86. The molecule has 0 N–H and O–H groups in total. The van der Waals surface area contributed by atoms with Crippen LogP contribution in [0.4, 0.5) is 0 Å². The van der Waals surface area contributed by atoms with Crippen molar-refractivity contribution >= 4 is 0 Å². The van der Waals surface area contributed by atoms with E-state index in [4.69, 9.17) is 0 Å². The average molecular weight is 200 g/mol. The molecule has 0 nitrogen and oxygen atoms in total. The molecule has 0 radical (unpaired) electrons. The molecule has 1 aliphatic rings. The molecular weight excluding hydrogens is 180 g/mol. The minimum atomic E-state index is 1.15. The van der Waals surface area contributed by atoms with Crippen molar-refractivity contribution in [3.05, 3.63) is 59.8 Å². The van der Waals surface area contributed by atoms with Gasteiger partial charge < -0.3 is 0 Å². The van der Waals surface area contributed by atoms with Crippen LogP contribution in [0.25, 0.3) is 0 Å². The lowest BCUT2D eigenvalue weighted by Crippen LogP contribution is -2.02. The highest BCUT2D eigenvalue weighted by molar-refractivity contribution is 5.51. The molecule has 0 atom stereocenters. The second-order valence-corrected chi connectivity index (χ2v) is 3.86. The first-order valence-electron chi connectivity index (χ1n) is 5.55. The zero-order valence-electron chi connectivity index (χ0n) is 9.84. The van der Waals surface area contributed by atoms with Crippen molar-refractivity contribution in [2.24, 2.45) is 0 Å². The van der Waals surface area contributed by atoms with E-state index in [1.807, 2.05) is 12.2 Å². The van der Waals surface area contributed by atoms with Gasteiger partial charge >= 0.3 is 0 Å². The molecule has 0 saturated carbocycles. The Labute approximate surface area is 93.4 Å². The molecule has 0 unspecified atom stereocenters. The molecule has 0 aromatic rings. The van der Waals surface area contributed by atoms with E-state index >= 15 is 0 Å². The van der Waals surface area contributed by atoms with Crippen LogP contribution in [0.2, 0.25) is 0 Å². The van der Waals surface area contributed by atoms with Crippen LogP contribution in [-0.4, -0.2) is 0 Å². The summed E-state index contributed by atoms with van der Waals surface area (Å²) in [4.78, 5) is 0. The number of hydrogen-bond acceptors (Lipinski definition) is 0. The van der Waals surface area contributed by atoms with Gasteiger partial charge in [0.05, 0.1) is 0 Å². The summed E-state index contributed by atoms with van der Waals surface area (Å²) >= 11 is 0. The molecule has 0 aromatic carbocycles. The van der Waals surface area contributed by atoms with Gasteiger partial charge in [0.1, 0.15) is 0 Å². The third kappa shape index (κ3) is 2.59. The quantitative estimate of drug-likeness (QED) is 0.617. The Morgan fingerprint density at radius 1 is 1.27 bits per heavy atom. The average Bonchev–Trinajstić information content (AvgIpc) is 2.28. The lowest BCUT2D eigenvalue weighted by Gasteiger charge is -2.21. The van der Waals surface area contributed by atoms with Crippen LogP contribution in [-0.2, 0) is 0 Å². The van der Waals surface area contributed by atoms with Crippen molar-refractivity contribution in [1.82, 2.24) is 0 Å². The molecule has 0 fully saturated rings. The highest BCUT2D eigenvalue weighted by Gasteiger charge is 2.14. The number of hydrogen-bond donors (Lipinski definition) is 0. The maximum Gasteiger partial charge on any atom is -0.0193 e.